The third kappa shape index (κ3) is 5.48. The first-order chi connectivity index (χ1) is 11.1. The van der Waals surface area contributed by atoms with Gasteiger partial charge in [0.1, 0.15) is 0 Å². The summed E-state index contributed by atoms with van der Waals surface area (Å²) in [6.07, 6.45) is 10.0. The number of terminal acetylenes is 1. The number of unbranched alkanes of at least 4 members (excludes halogenated alkanes) is 4. The molecule has 0 atom stereocenters. The predicted octanol–water partition coefficient (Wildman–Crippen LogP) is 4.39. The van der Waals surface area contributed by atoms with Crippen LogP contribution in [0.4, 0.5) is 8.78 Å². The maximum atomic E-state index is 14.1. The molecule has 0 saturated heterocycles. The molecule has 2 rings (SSSR count). The maximum Gasteiger partial charge on any atom is 0.293 e. The average molecular weight is 317 g/mol. The zero-order valence-electron chi connectivity index (χ0n) is 13.1. The van der Waals surface area contributed by atoms with Crippen LogP contribution in [0.5, 0.6) is 0 Å². The van der Waals surface area contributed by atoms with E-state index in [1.165, 1.54) is 10.9 Å². The molecule has 0 aliphatic carbocycles. The van der Waals surface area contributed by atoms with Gasteiger partial charge in [-0.1, -0.05) is 48.4 Å². The fourth-order valence-corrected chi connectivity index (χ4v) is 2.37. The van der Waals surface area contributed by atoms with Crippen molar-refractivity contribution in [2.75, 3.05) is 0 Å². The zero-order chi connectivity index (χ0) is 16.5. The Labute approximate surface area is 135 Å². The van der Waals surface area contributed by atoms with Crippen molar-refractivity contribution in [3.8, 4) is 12.3 Å². The second-order valence-electron chi connectivity index (χ2n) is 5.61. The normalized spacial score (nSPS) is 11.3. The Bertz CT molecular complexity index is 629. The van der Waals surface area contributed by atoms with Crippen molar-refractivity contribution in [3.63, 3.8) is 0 Å². The summed E-state index contributed by atoms with van der Waals surface area (Å²) in [5, 5.41) is 7.46. The van der Waals surface area contributed by atoms with Gasteiger partial charge in [-0.3, -0.25) is 0 Å². The molecule has 2 aromatic rings. The van der Waals surface area contributed by atoms with E-state index in [9.17, 15) is 8.78 Å². The highest BCUT2D eigenvalue weighted by molar-refractivity contribution is 5.15. The minimum atomic E-state index is -2.93. The molecule has 1 aromatic carbocycles. The lowest BCUT2D eigenvalue weighted by Gasteiger charge is -2.12. The van der Waals surface area contributed by atoms with Gasteiger partial charge in [0, 0.05) is 12.8 Å². The highest BCUT2D eigenvalue weighted by Crippen LogP contribution is 2.32. The van der Waals surface area contributed by atoms with Crippen LogP contribution in [0.1, 0.15) is 49.8 Å². The summed E-state index contributed by atoms with van der Waals surface area (Å²) < 4.78 is 29.7. The minimum Gasteiger partial charge on any atom is -0.248 e. The molecule has 122 valence electrons. The number of alkyl halides is 2. The highest BCUT2D eigenvalue weighted by atomic mass is 19.3. The van der Waals surface area contributed by atoms with Crippen molar-refractivity contribution in [1.29, 1.82) is 0 Å². The summed E-state index contributed by atoms with van der Waals surface area (Å²) >= 11 is 0. The Balaban J connectivity index is 1.84. The predicted molar refractivity (Wildman–Crippen MR) is 86.0 cm³/mol. The second-order valence-corrected chi connectivity index (χ2v) is 5.61. The molecule has 1 heterocycles. The van der Waals surface area contributed by atoms with E-state index in [1.807, 2.05) is 30.3 Å². The smallest absolute Gasteiger partial charge is 0.248 e. The van der Waals surface area contributed by atoms with E-state index in [2.05, 4.69) is 16.2 Å². The van der Waals surface area contributed by atoms with Gasteiger partial charge >= 0.3 is 0 Å². The van der Waals surface area contributed by atoms with Crippen LogP contribution in [0.15, 0.2) is 36.5 Å². The molecular formula is C18H21F2N3. The number of hydrogen-bond acceptors (Lipinski definition) is 2. The summed E-state index contributed by atoms with van der Waals surface area (Å²) in [5.74, 6) is -0.375. The highest BCUT2D eigenvalue weighted by Gasteiger charge is 2.34. The molecule has 0 N–H and O–H groups in total. The number of hydrogen-bond donors (Lipinski definition) is 0. The van der Waals surface area contributed by atoms with Crippen molar-refractivity contribution in [1.82, 2.24) is 15.0 Å². The first-order valence-corrected chi connectivity index (χ1v) is 7.87. The molecule has 0 spiro atoms. The summed E-state index contributed by atoms with van der Waals surface area (Å²) in [4.78, 5) is 0. The molecule has 0 aliphatic rings. The molecule has 0 saturated carbocycles. The summed E-state index contributed by atoms with van der Waals surface area (Å²) in [7, 11) is 0. The van der Waals surface area contributed by atoms with E-state index in [1.54, 1.807) is 0 Å². The third-order valence-electron chi connectivity index (χ3n) is 3.66. The molecule has 0 radical (unpaired) electrons. The lowest BCUT2D eigenvalue weighted by atomic mass is 10.1. The van der Waals surface area contributed by atoms with Gasteiger partial charge in [0.05, 0.1) is 12.7 Å². The molecule has 23 heavy (non-hydrogen) atoms. The number of benzene rings is 1. The minimum absolute atomic E-state index is 0.201. The Morgan fingerprint density at radius 2 is 1.83 bits per heavy atom. The van der Waals surface area contributed by atoms with Crippen molar-refractivity contribution >= 4 is 0 Å². The molecule has 0 unspecified atom stereocenters. The van der Waals surface area contributed by atoms with E-state index in [4.69, 9.17) is 6.42 Å². The Hall–Kier alpha value is -2.22. The van der Waals surface area contributed by atoms with Crippen LogP contribution < -0.4 is 0 Å². The molecule has 0 bridgehead atoms. The van der Waals surface area contributed by atoms with Gasteiger partial charge in [0.15, 0.2) is 5.69 Å². The largest absolute Gasteiger partial charge is 0.293 e. The van der Waals surface area contributed by atoms with E-state index in [0.717, 1.165) is 24.8 Å². The summed E-state index contributed by atoms with van der Waals surface area (Å²) in [6, 6.07) is 9.57. The molecule has 0 fully saturated rings. The first kappa shape index (κ1) is 17.1. The third-order valence-corrected chi connectivity index (χ3v) is 3.66. The van der Waals surface area contributed by atoms with Crippen molar-refractivity contribution < 1.29 is 8.78 Å². The fraction of sp³-hybridized carbons (Fsp3) is 0.444. The van der Waals surface area contributed by atoms with Gasteiger partial charge in [0.2, 0.25) is 0 Å². The van der Waals surface area contributed by atoms with Gasteiger partial charge in [-0.15, -0.1) is 17.4 Å². The lowest BCUT2D eigenvalue weighted by molar-refractivity contribution is -0.0203. The number of nitrogens with zero attached hydrogens (tertiary/aromatic N) is 3. The SMILES string of the molecule is C#CCCCCCCC(F)(F)c1cn(Cc2ccccc2)nn1. The number of aromatic nitrogens is 3. The first-order valence-electron chi connectivity index (χ1n) is 7.87. The van der Waals surface area contributed by atoms with Crippen LogP contribution >= 0.6 is 0 Å². The topological polar surface area (TPSA) is 30.7 Å². The van der Waals surface area contributed by atoms with E-state index in [0.29, 0.717) is 19.4 Å². The van der Waals surface area contributed by atoms with Gasteiger partial charge in [-0.25, -0.2) is 4.68 Å². The lowest BCUT2D eigenvalue weighted by Crippen LogP contribution is -2.14. The van der Waals surface area contributed by atoms with Gasteiger partial charge < -0.3 is 0 Å². The monoisotopic (exact) mass is 317 g/mol. The van der Waals surface area contributed by atoms with Crippen LogP contribution in [-0.2, 0) is 12.5 Å². The average Bonchev–Trinajstić information content (AvgIpc) is 3.01. The van der Waals surface area contributed by atoms with Crippen molar-refractivity contribution in [2.45, 2.75) is 51.0 Å². The van der Waals surface area contributed by atoms with Gasteiger partial charge in [0.25, 0.3) is 5.92 Å². The van der Waals surface area contributed by atoms with E-state index >= 15 is 0 Å². The Morgan fingerprint density at radius 1 is 1.09 bits per heavy atom. The van der Waals surface area contributed by atoms with Gasteiger partial charge in [-0.2, -0.15) is 8.78 Å². The molecule has 1 aromatic heterocycles. The maximum absolute atomic E-state index is 14.1. The fourth-order valence-electron chi connectivity index (χ4n) is 2.37. The van der Waals surface area contributed by atoms with Crippen LogP contribution in [0.2, 0.25) is 0 Å². The second kappa shape index (κ2) is 8.42. The number of halogens is 2. The number of rotatable bonds is 9. The molecule has 0 aliphatic heterocycles. The Kier molecular flexibility index (Phi) is 6.28. The van der Waals surface area contributed by atoms with Crippen LogP contribution in [0.25, 0.3) is 0 Å². The van der Waals surface area contributed by atoms with E-state index in [-0.39, 0.29) is 12.1 Å². The van der Waals surface area contributed by atoms with Gasteiger partial charge in [-0.05, 0) is 18.4 Å². The Morgan fingerprint density at radius 3 is 2.57 bits per heavy atom. The summed E-state index contributed by atoms with van der Waals surface area (Å²) in [6.45, 7) is 0.440. The molecule has 5 heteroatoms. The quantitative estimate of drug-likeness (QED) is 0.507. The summed E-state index contributed by atoms with van der Waals surface area (Å²) in [5.41, 5.74) is 0.748. The van der Waals surface area contributed by atoms with Crippen LogP contribution in [0, 0.1) is 12.3 Å². The van der Waals surface area contributed by atoms with Crippen molar-refractivity contribution in [2.24, 2.45) is 0 Å². The molecule has 0 amide bonds. The molecular weight excluding hydrogens is 296 g/mol. The van der Waals surface area contributed by atoms with Crippen LogP contribution in [-0.4, -0.2) is 15.0 Å². The zero-order valence-corrected chi connectivity index (χ0v) is 13.1. The standard InChI is InChI=1S/C18H21F2N3/c1-2-3-4-5-6-10-13-18(19,20)17-15-23(22-21-17)14-16-11-8-7-9-12-16/h1,7-9,11-12,15H,3-6,10,13-14H2. The van der Waals surface area contributed by atoms with Crippen molar-refractivity contribution in [3.05, 3.63) is 47.8 Å². The molecule has 3 nitrogen and oxygen atoms in total. The van der Waals surface area contributed by atoms with E-state index < -0.39 is 5.92 Å². The van der Waals surface area contributed by atoms with Crippen LogP contribution in [0.3, 0.4) is 0 Å².